The van der Waals surface area contributed by atoms with Crippen LogP contribution in [0.25, 0.3) is 0 Å². The van der Waals surface area contributed by atoms with Crippen molar-refractivity contribution in [3.05, 3.63) is 0 Å². The molecule has 1 amide bonds. The molecule has 0 aromatic heterocycles. The molecular weight excluding hydrogens is 202 g/mol. The van der Waals surface area contributed by atoms with Crippen molar-refractivity contribution >= 4 is 6.09 Å². The fourth-order valence-corrected chi connectivity index (χ4v) is 2.35. The van der Waals surface area contributed by atoms with E-state index >= 15 is 0 Å². The average Bonchev–Trinajstić information content (AvgIpc) is 2.15. The zero-order valence-electron chi connectivity index (χ0n) is 11.0. The van der Waals surface area contributed by atoms with E-state index in [1.807, 2.05) is 20.8 Å². The summed E-state index contributed by atoms with van der Waals surface area (Å²) in [6, 6.07) is 0.314. The lowest BCUT2D eigenvalue weighted by Gasteiger charge is -2.32. The Balaban J connectivity index is 2.42. The quantitative estimate of drug-likeness (QED) is 0.784. The van der Waals surface area contributed by atoms with Crippen LogP contribution >= 0.6 is 0 Å². The summed E-state index contributed by atoms with van der Waals surface area (Å²) in [6.45, 7) is 7.88. The fourth-order valence-electron chi connectivity index (χ4n) is 2.35. The van der Waals surface area contributed by atoms with Crippen molar-refractivity contribution < 1.29 is 9.53 Å². The lowest BCUT2D eigenvalue weighted by atomic mass is 9.83. The van der Waals surface area contributed by atoms with Gasteiger partial charge in [0.05, 0.1) is 0 Å². The van der Waals surface area contributed by atoms with E-state index in [0.29, 0.717) is 12.0 Å². The standard InChI is InChI=1S/C13H25NO2/c1-5-10-8-6-7-9-11(10)14-12(15)16-13(2,3)4/h10-11H,5-9H2,1-4H3,(H,14,15). The normalized spacial score (nSPS) is 26.2. The van der Waals surface area contributed by atoms with Gasteiger partial charge >= 0.3 is 6.09 Å². The van der Waals surface area contributed by atoms with Gasteiger partial charge in [0.1, 0.15) is 5.60 Å². The second-order valence-corrected chi connectivity index (χ2v) is 5.71. The van der Waals surface area contributed by atoms with Crippen LogP contribution in [0.1, 0.15) is 59.8 Å². The van der Waals surface area contributed by atoms with Crippen molar-refractivity contribution in [2.45, 2.75) is 71.4 Å². The number of rotatable bonds is 2. The number of carbonyl (C=O) groups is 1. The van der Waals surface area contributed by atoms with Crippen LogP contribution in [-0.4, -0.2) is 17.7 Å². The van der Waals surface area contributed by atoms with Gasteiger partial charge in [-0.2, -0.15) is 0 Å². The van der Waals surface area contributed by atoms with E-state index < -0.39 is 5.60 Å². The van der Waals surface area contributed by atoms with E-state index in [2.05, 4.69) is 12.2 Å². The van der Waals surface area contributed by atoms with Crippen molar-refractivity contribution in [3.63, 3.8) is 0 Å². The molecule has 0 heterocycles. The summed E-state index contributed by atoms with van der Waals surface area (Å²) in [5, 5.41) is 3.02. The molecule has 3 heteroatoms. The summed E-state index contributed by atoms with van der Waals surface area (Å²) in [6.07, 6.45) is 5.72. The van der Waals surface area contributed by atoms with Crippen molar-refractivity contribution in [2.24, 2.45) is 5.92 Å². The Morgan fingerprint density at radius 2 is 1.94 bits per heavy atom. The third-order valence-electron chi connectivity index (χ3n) is 3.14. The number of hydrogen-bond acceptors (Lipinski definition) is 2. The minimum absolute atomic E-state index is 0.266. The molecule has 1 N–H and O–H groups in total. The summed E-state index contributed by atoms with van der Waals surface area (Å²) in [7, 11) is 0. The largest absolute Gasteiger partial charge is 0.444 e. The minimum Gasteiger partial charge on any atom is -0.444 e. The van der Waals surface area contributed by atoms with E-state index in [4.69, 9.17) is 4.74 Å². The van der Waals surface area contributed by atoms with E-state index in [0.717, 1.165) is 12.8 Å². The molecule has 0 aromatic rings. The van der Waals surface area contributed by atoms with Crippen LogP contribution < -0.4 is 5.32 Å². The maximum Gasteiger partial charge on any atom is 0.407 e. The van der Waals surface area contributed by atoms with E-state index in [9.17, 15) is 4.79 Å². The van der Waals surface area contributed by atoms with Gasteiger partial charge in [-0.05, 0) is 39.5 Å². The number of carbonyl (C=O) groups excluding carboxylic acids is 1. The molecule has 1 fully saturated rings. The predicted octanol–water partition coefficient (Wildman–Crippen LogP) is 3.48. The smallest absolute Gasteiger partial charge is 0.407 e. The zero-order chi connectivity index (χ0) is 12.2. The maximum atomic E-state index is 11.7. The Morgan fingerprint density at radius 1 is 1.31 bits per heavy atom. The molecule has 1 aliphatic rings. The average molecular weight is 227 g/mol. The Labute approximate surface area is 98.9 Å². The summed E-state index contributed by atoms with van der Waals surface area (Å²) in [5.41, 5.74) is -0.402. The molecule has 3 nitrogen and oxygen atoms in total. The molecule has 0 bridgehead atoms. The van der Waals surface area contributed by atoms with Gasteiger partial charge in [-0.3, -0.25) is 0 Å². The molecule has 0 saturated heterocycles. The summed E-state index contributed by atoms with van der Waals surface area (Å²) in [5.74, 6) is 0.626. The number of amides is 1. The van der Waals surface area contributed by atoms with Crippen molar-refractivity contribution in [1.82, 2.24) is 5.32 Å². The van der Waals surface area contributed by atoms with Gasteiger partial charge in [0.25, 0.3) is 0 Å². The van der Waals surface area contributed by atoms with Crippen molar-refractivity contribution in [1.29, 1.82) is 0 Å². The van der Waals surface area contributed by atoms with Gasteiger partial charge in [-0.15, -0.1) is 0 Å². The number of ether oxygens (including phenoxy) is 1. The first-order valence-corrected chi connectivity index (χ1v) is 6.42. The highest BCUT2D eigenvalue weighted by Gasteiger charge is 2.26. The van der Waals surface area contributed by atoms with Crippen LogP contribution in [0.3, 0.4) is 0 Å². The first-order valence-electron chi connectivity index (χ1n) is 6.42. The molecule has 0 spiro atoms. The first kappa shape index (κ1) is 13.3. The Bertz CT molecular complexity index is 233. The van der Waals surface area contributed by atoms with E-state index in [-0.39, 0.29) is 6.09 Å². The van der Waals surface area contributed by atoms with Crippen LogP contribution in [0.5, 0.6) is 0 Å². The highest BCUT2D eigenvalue weighted by Crippen LogP contribution is 2.27. The van der Waals surface area contributed by atoms with Gasteiger partial charge in [0, 0.05) is 6.04 Å². The highest BCUT2D eigenvalue weighted by molar-refractivity contribution is 5.68. The topological polar surface area (TPSA) is 38.3 Å². The van der Waals surface area contributed by atoms with Crippen LogP contribution in [0.2, 0.25) is 0 Å². The molecule has 1 saturated carbocycles. The maximum absolute atomic E-state index is 11.7. The number of nitrogens with one attached hydrogen (secondary N) is 1. The first-order chi connectivity index (χ1) is 7.42. The fraction of sp³-hybridized carbons (Fsp3) is 0.923. The van der Waals surface area contributed by atoms with Gasteiger partial charge < -0.3 is 10.1 Å². The lowest BCUT2D eigenvalue weighted by molar-refractivity contribution is 0.0468. The molecule has 94 valence electrons. The molecular formula is C13H25NO2. The second-order valence-electron chi connectivity index (χ2n) is 5.71. The number of hydrogen-bond donors (Lipinski definition) is 1. The molecule has 0 radical (unpaired) electrons. The Kier molecular flexibility index (Phi) is 4.63. The third kappa shape index (κ3) is 4.42. The van der Waals surface area contributed by atoms with Gasteiger partial charge in [-0.1, -0.05) is 26.2 Å². The molecule has 2 atom stereocenters. The molecule has 2 unspecified atom stereocenters. The van der Waals surface area contributed by atoms with Crippen LogP contribution in [0.4, 0.5) is 4.79 Å². The van der Waals surface area contributed by atoms with Gasteiger partial charge in [-0.25, -0.2) is 4.79 Å². The van der Waals surface area contributed by atoms with Crippen LogP contribution in [-0.2, 0) is 4.74 Å². The molecule has 1 rings (SSSR count). The molecule has 0 aromatic carbocycles. The molecule has 1 aliphatic carbocycles. The third-order valence-corrected chi connectivity index (χ3v) is 3.14. The minimum atomic E-state index is -0.402. The Morgan fingerprint density at radius 3 is 2.50 bits per heavy atom. The second kappa shape index (κ2) is 5.55. The van der Waals surface area contributed by atoms with Crippen LogP contribution in [0, 0.1) is 5.92 Å². The summed E-state index contributed by atoms with van der Waals surface area (Å²) in [4.78, 5) is 11.7. The predicted molar refractivity (Wildman–Crippen MR) is 65.4 cm³/mol. The van der Waals surface area contributed by atoms with Gasteiger partial charge in [0.15, 0.2) is 0 Å². The number of alkyl carbamates (subject to hydrolysis) is 1. The van der Waals surface area contributed by atoms with Gasteiger partial charge in [0.2, 0.25) is 0 Å². The monoisotopic (exact) mass is 227 g/mol. The van der Waals surface area contributed by atoms with Crippen LogP contribution in [0.15, 0.2) is 0 Å². The lowest BCUT2D eigenvalue weighted by Crippen LogP contribution is -2.44. The summed E-state index contributed by atoms with van der Waals surface area (Å²) < 4.78 is 5.28. The zero-order valence-corrected chi connectivity index (χ0v) is 11.0. The molecule has 0 aliphatic heterocycles. The van der Waals surface area contributed by atoms with E-state index in [1.165, 1.54) is 19.3 Å². The Hall–Kier alpha value is -0.730. The highest BCUT2D eigenvalue weighted by atomic mass is 16.6. The molecule has 16 heavy (non-hydrogen) atoms. The van der Waals surface area contributed by atoms with Crippen molar-refractivity contribution in [3.8, 4) is 0 Å². The SMILES string of the molecule is CCC1CCCCC1NC(=O)OC(C)(C)C. The van der Waals surface area contributed by atoms with E-state index in [1.54, 1.807) is 0 Å². The summed E-state index contributed by atoms with van der Waals surface area (Å²) >= 11 is 0. The van der Waals surface area contributed by atoms with Crippen molar-refractivity contribution in [2.75, 3.05) is 0 Å².